The highest BCUT2D eigenvalue weighted by Crippen LogP contribution is 2.44. The molecule has 354 valence electrons. The Balaban J connectivity index is 1.10. The average molecular weight is 932 g/mol. The monoisotopic (exact) mass is 931 g/mol. The van der Waals surface area contributed by atoms with E-state index in [9.17, 15) is 9.36 Å². The van der Waals surface area contributed by atoms with Gasteiger partial charge in [-0.05, 0) is 100 Å². The Kier molecular flexibility index (Phi) is 17.6. The molecule has 14 nitrogen and oxygen atoms in total. The number of imidazole rings is 1. The standard InChI is InChI=1S/C52H63N6O8P/c1-37(2)57(38(3)4)31-17-9-7-8-10-18-32-64-67(60)66-45-33-47(58-36-55-48-49(53-35-54-50(48)58)56-51(59)39-19-13-11-14-20-39)65-46(45)34-63-52(40-21-15-12-16-22-40,41-23-27-43(61-5)28-24-41)42-25-29-44(62-6)30-26-42/h11-16,19-30,35-38,45-47H,7-10,17-18,31-34H2,1-6H3/p+1/t45-,46+,47+/m0/s1. The van der Waals surface area contributed by atoms with Gasteiger partial charge in [0.15, 0.2) is 17.0 Å². The lowest BCUT2D eigenvalue weighted by Crippen LogP contribution is -2.38. The molecule has 1 fully saturated rings. The van der Waals surface area contributed by atoms with Crippen molar-refractivity contribution in [3.63, 3.8) is 0 Å². The molecule has 0 saturated carbocycles. The summed E-state index contributed by atoms with van der Waals surface area (Å²) in [5, 5.41) is 2.87. The first-order valence-electron chi connectivity index (χ1n) is 23.3. The maximum absolute atomic E-state index is 13.6. The second kappa shape index (κ2) is 23.9. The van der Waals surface area contributed by atoms with E-state index in [1.165, 1.54) is 19.2 Å². The number of aromatic nitrogens is 4. The van der Waals surface area contributed by atoms with Crippen LogP contribution < -0.4 is 14.8 Å². The van der Waals surface area contributed by atoms with Crippen molar-refractivity contribution in [2.75, 3.05) is 39.3 Å². The molecule has 6 aromatic rings. The summed E-state index contributed by atoms with van der Waals surface area (Å²) in [6.07, 6.45) is 7.50. The summed E-state index contributed by atoms with van der Waals surface area (Å²) in [5.41, 5.74) is 2.74. The van der Waals surface area contributed by atoms with Gasteiger partial charge in [0.2, 0.25) is 0 Å². The minimum absolute atomic E-state index is 0.0172. The molecule has 0 radical (unpaired) electrons. The number of rotatable bonds is 25. The Bertz CT molecular complexity index is 2420. The molecule has 3 heterocycles. The Morgan fingerprint density at radius 1 is 0.776 bits per heavy atom. The molecule has 7 rings (SSSR count). The second-order valence-corrected chi connectivity index (χ2v) is 18.2. The number of hydrogen-bond acceptors (Lipinski definition) is 12. The van der Waals surface area contributed by atoms with Gasteiger partial charge in [-0.1, -0.05) is 98.5 Å². The third-order valence-corrected chi connectivity index (χ3v) is 13.1. The number of amides is 1. The van der Waals surface area contributed by atoms with Crippen molar-refractivity contribution in [3.8, 4) is 11.5 Å². The van der Waals surface area contributed by atoms with Crippen molar-refractivity contribution in [2.24, 2.45) is 0 Å². The smallest absolute Gasteiger partial charge is 0.497 e. The van der Waals surface area contributed by atoms with Crippen molar-refractivity contribution >= 4 is 31.1 Å². The highest BCUT2D eigenvalue weighted by Gasteiger charge is 2.46. The minimum atomic E-state index is -2.52. The molecule has 0 aliphatic carbocycles. The minimum Gasteiger partial charge on any atom is -0.497 e. The Morgan fingerprint density at radius 2 is 1.36 bits per heavy atom. The van der Waals surface area contributed by atoms with Crippen LogP contribution >= 0.6 is 8.25 Å². The van der Waals surface area contributed by atoms with Gasteiger partial charge in [-0.15, -0.1) is 9.05 Å². The normalized spacial score (nSPS) is 16.6. The van der Waals surface area contributed by atoms with Gasteiger partial charge in [-0.3, -0.25) is 14.3 Å². The number of hydrogen-bond donors (Lipinski definition) is 1. The van der Waals surface area contributed by atoms with Crippen LogP contribution in [0.25, 0.3) is 11.2 Å². The van der Waals surface area contributed by atoms with Crippen LogP contribution in [0.1, 0.15) is 106 Å². The van der Waals surface area contributed by atoms with Crippen LogP contribution in [0.3, 0.4) is 0 Å². The van der Waals surface area contributed by atoms with E-state index in [2.05, 4.69) is 52.9 Å². The molecule has 1 aliphatic rings. The summed E-state index contributed by atoms with van der Waals surface area (Å²) in [6, 6.07) is 35.6. The van der Waals surface area contributed by atoms with Crippen LogP contribution in [-0.2, 0) is 28.7 Å². The fourth-order valence-corrected chi connectivity index (χ4v) is 9.62. The van der Waals surface area contributed by atoms with Crippen molar-refractivity contribution in [1.29, 1.82) is 0 Å². The van der Waals surface area contributed by atoms with Crippen LogP contribution in [0.15, 0.2) is 122 Å². The Labute approximate surface area is 395 Å². The van der Waals surface area contributed by atoms with Crippen LogP contribution in [-0.4, -0.2) is 88.6 Å². The molecule has 4 aromatic carbocycles. The summed E-state index contributed by atoms with van der Waals surface area (Å²) in [7, 11) is 0.754. The molecule has 0 bridgehead atoms. The zero-order valence-corrected chi connectivity index (χ0v) is 40.3. The summed E-state index contributed by atoms with van der Waals surface area (Å²) in [6.45, 7) is 10.5. The molecule has 0 spiro atoms. The first kappa shape index (κ1) is 49.3. The lowest BCUT2D eigenvalue weighted by molar-refractivity contribution is -0.0906. The van der Waals surface area contributed by atoms with Crippen molar-refractivity contribution in [3.05, 3.63) is 144 Å². The van der Waals surface area contributed by atoms with Gasteiger partial charge in [-0.25, -0.2) is 15.0 Å². The number of anilines is 1. The van der Waals surface area contributed by atoms with Crippen LogP contribution in [0.5, 0.6) is 11.5 Å². The molecule has 67 heavy (non-hydrogen) atoms. The quantitative estimate of drug-likeness (QED) is 0.0331. The van der Waals surface area contributed by atoms with E-state index >= 15 is 0 Å². The molecule has 4 atom stereocenters. The number of methoxy groups -OCH3 is 2. The number of benzene rings is 4. The first-order valence-corrected chi connectivity index (χ1v) is 24.4. The summed E-state index contributed by atoms with van der Waals surface area (Å²) in [5.74, 6) is 1.34. The van der Waals surface area contributed by atoms with E-state index in [0.717, 1.165) is 48.9 Å². The first-order chi connectivity index (χ1) is 32.6. The average Bonchev–Trinajstić information content (AvgIpc) is 3.97. The predicted octanol–water partition coefficient (Wildman–Crippen LogP) is 10.9. The van der Waals surface area contributed by atoms with E-state index in [4.69, 9.17) is 28.0 Å². The summed E-state index contributed by atoms with van der Waals surface area (Å²) < 4.78 is 52.7. The molecule has 1 saturated heterocycles. The highest BCUT2D eigenvalue weighted by molar-refractivity contribution is 7.33. The van der Waals surface area contributed by atoms with Gasteiger partial charge in [0.25, 0.3) is 5.91 Å². The maximum atomic E-state index is 13.6. The van der Waals surface area contributed by atoms with E-state index in [1.807, 2.05) is 84.9 Å². The topological polar surface area (TPSA) is 148 Å². The van der Waals surface area contributed by atoms with Crippen molar-refractivity contribution in [1.82, 2.24) is 24.4 Å². The molecule has 1 amide bonds. The molecule has 2 aromatic heterocycles. The Hall–Kier alpha value is -5.60. The number of nitrogens with one attached hydrogen (secondary N) is 1. The number of fused-ring (bicyclic) bond motifs is 1. The zero-order chi connectivity index (χ0) is 47.2. The molecule has 1 aliphatic heterocycles. The number of carbonyl (C=O) groups excluding carboxylic acids is 1. The van der Waals surface area contributed by atoms with E-state index in [0.29, 0.717) is 46.9 Å². The van der Waals surface area contributed by atoms with Crippen molar-refractivity contribution < 1.29 is 37.4 Å². The molecular weight excluding hydrogens is 868 g/mol. The third kappa shape index (κ3) is 12.3. The fraction of sp³-hybridized carbons (Fsp3) is 0.423. The van der Waals surface area contributed by atoms with Crippen LogP contribution in [0.2, 0.25) is 0 Å². The van der Waals surface area contributed by atoms with Gasteiger partial charge in [0, 0.05) is 28.6 Å². The van der Waals surface area contributed by atoms with Gasteiger partial charge in [0.1, 0.15) is 48.5 Å². The van der Waals surface area contributed by atoms with Gasteiger partial charge < -0.3 is 24.3 Å². The molecule has 15 heteroatoms. The highest BCUT2D eigenvalue weighted by atomic mass is 31.1. The van der Waals surface area contributed by atoms with Crippen LogP contribution in [0, 0.1) is 0 Å². The van der Waals surface area contributed by atoms with Gasteiger partial charge >= 0.3 is 8.25 Å². The predicted molar refractivity (Wildman–Crippen MR) is 260 cm³/mol. The van der Waals surface area contributed by atoms with E-state index in [-0.39, 0.29) is 24.8 Å². The lowest BCUT2D eigenvalue weighted by Gasteiger charge is -2.37. The summed E-state index contributed by atoms with van der Waals surface area (Å²) in [4.78, 5) is 29.2. The number of carbonyl (C=O) groups is 1. The van der Waals surface area contributed by atoms with E-state index in [1.54, 1.807) is 49.4 Å². The summed E-state index contributed by atoms with van der Waals surface area (Å²) >= 11 is 0. The number of nitrogens with zero attached hydrogens (tertiary/aromatic N) is 5. The second-order valence-electron chi connectivity index (χ2n) is 17.3. The molecular formula is C52H64N6O8P+. The maximum Gasteiger partial charge on any atom is 0.697 e. The van der Waals surface area contributed by atoms with Gasteiger partial charge in [0.05, 0.1) is 27.2 Å². The fourth-order valence-electron chi connectivity index (χ4n) is 8.83. The zero-order valence-electron chi connectivity index (χ0n) is 39.5. The van der Waals surface area contributed by atoms with Crippen LogP contribution in [0.4, 0.5) is 5.82 Å². The number of ether oxygens (including phenoxy) is 4. The SMILES string of the molecule is COc1ccc(C(OC[C@H]2O[C@@H](n3cnc4c(NC(=O)c5ccccc5)ncnc43)C[C@@H]2O[P+](=O)OCCCCCCCCN(C(C)C)C(C)C)(c2ccccc2)c2ccc(OC)cc2)cc1. The third-order valence-electron chi connectivity index (χ3n) is 12.3. The molecule has 1 N–H and O–H groups in total. The van der Waals surface area contributed by atoms with Gasteiger partial charge in [-0.2, -0.15) is 0 Å². The Morgan fingerprint density at radius 3 is 1.97 bits per heavy atom. The van der Waals surface area contributed by atoms with E-state index < -0.39 is 32.3 Å². The number of unbranched alkanes of at least 4 members (excludes halogenated alkanes) is 5. The lowest BCUT2D eigenvalue weighted by atomic mass is 9.80. The molecule has 1 unspecified atom stereocenters. The van der Waals surface area contributed by atoms with Crippen molar-refractivity contribution in [2.45, 2.75) is 109 Å². The largest absolute Gasteiger partial charge is 0.697 e.